The number of azide groups is 1. The normalized spacial score (nSPS) is 10.0. The number of H-pyrrole nitrogens is 1. The molecule has 0 atom stereocenters. The Labute approximate surface area is 77.8 Å². The monoisotopic (exact) mass is 190 g/mol. The van der Waals surface area contributed by atoms with E-state index in [0.29, 0.717) is 11.1 Å². The van der Waals surface area contributed by atoms with Gasteiger partial charge in [-0.2, -0.15) is 0 Å². The summed E-state index contributed by atoms with van der Waals surface area (Å²) in [4.78, 5) is 16.1. The zero-order valence-corrected chi connectivity index (χ0v) is 7.10. The third-order valence-electron chi connectivity index (χ3n) is 1.85. The molecule has 1 heterocycles. The summed E-state index contributed by atoms with van der Waals surface area (Å²) in [6, 6.07) is 5.18. The van der Waals surface area contributed by atoms with Crippen LogP contribution in [0.25, 0.3) is 21.5 Å². The van der Waals surface area contributed by atoms with Crippen LogP contribution in [-0.2, 0) is 6.54 Å². The second-order valence-electron chi connectivity index (χ2n) is 2.69. The first-order chi connectivity index (χ1) is 6.81. The van der Waals surface area contributed by atoms with E-state index in [9.17, 15) is 4.79 Å². The van der Waals surface area contributed by atoms with Crippen LogP contribution in [0.3, 0.4) is 0 Å². The van der Waals surface area contributed by atoms with E-state index in [0.717, 1.165) is 5.56 Å². The molecule has 0 fully saturated rings. The summed E-state index contributed by atoms with van der Waals surface area (Å²) in [6.07, 6.45) is 0. The second-order valence-corrected chi connectivity index (χ2v) is 2.69. The van der Waals surface area contributed by atoms with Crippen LogP contribution in [0, 0.1) is 0 Å². The van der Waals surface area contributed by atoms with Gasteiger partial charge in [0.25, 0.3) is 0 Å². The third-order valence-corrected chi connectivity index (χ3v) is 1.85. The molecule has 1 aromatic heterocycles. The summed E-state index contributed by atoms with van der Waals surface area (Å²) in [5, 5.41) is 3.42. The molecular formula is C8H6N4O2. The number of fused-ring (bicyclic) bond motifs is 1. The number of aromatic amines is 1. The number of nitrogens with zero attached hydrogens (tertiary/aromatic N) is 3. The Hall–Kier alpha value is -2.20. The highest BCUT2D eigenvalue weighted by molar-refractivity contribution is 5.75. The summed E-state index contributed by atoms with van der Waals surface area (Å²) in [5.74, 6) is -0.506. The van der Waals surface area contributed by atoms with E-state index in [1.807, 2.05) is 0 Å². The third kappa shape index (κ3) is 1.34. The number of oxazole rings is 1. The number of para-hydroxylation sites is 1. The first kappa shape index (κ1) is 8.40. The SMILES string of the molecule is [N-]=[N+]=NCc1cccc2oc(=O)[nH]c12. The molecule has 6 heteroatoms. The van der Waals surface area contributed by atoms with Gasteiger partial charge in [0, 0.05) is 4.91 Å². The maximum absolute atomic E-state index is 10.9. The molecule has 0 aliphatic carbocycles. The lowest BCUT2D eigenvalue weighted by molar-refractivity contribution is 0.555. The lowest BCUT2D eigenvalue weighted by atomic mass is 10.2. The van der Waals surface area contributed by atoms with E-state index in [1.165, 1.54) is 0 Å². The Bertz CT molecular complexity index is 562. The summed E-state index contributed by atoms with van der Waals surface area (Å²) in [7, 11) is 0. The van der Waals surface area contributed by atoms with Crippen molar-refractivity contribution in [2.45, 2.75) is 6.54 Å². The average Bonchev–Trinajstić information content (AvgIpc) is 2.55. The number of hydrogen-bond acceptors (Lipinski definition) is 3. The fraction of sp³-hybridized carbons (Fsp3) is 0.125. The van der Waals surface area contributed by atoms with Gasteiger partial charge in [0.15, 0.2) is 5.58 Å². The topological polar surface area (TPSA) is 94.8 Å². The Kier molecular flexibility index (Phi) is 1.96. The van der Waals surface area contributed by atoms with Crippen molar-refractivity contribution in [3.05, 3.63) is 44.8 Å². The van der Waals surface area contributed by atoms with Gasteiger partial charge < -0.3 is 4.42 Å². The van der Waals surface area contributed by atoms with Gasteiger partial charge in [-0.25, -0.2) is 4.79 Å². The van der Waals surface area contributed by atoms with E-state index in [2.05, 4.69) is 15.0 Å². The van der Waals surface area contributed by atoms with Gasteiger partial charge in [0.05, 0.1) is 12.1 Å². The Balaban J connectivity index is 2.63. The maximum atomic E-state index is 10.9. The zero-order chi connectivity index (χ0) is 9.97. The molecule has 0 bridgehead atoms. The summed E-state index contributed by atoms with van der Waals surface area (Å²) >= 11 is 0. The number of rotatable bonds is 2. The fourth-order valence-electron chi connectivity index (χ4n) is 1.27. The van der Waals surface area contributed by atoms with Crippen LogP contribution in [0.1, 0.15) is 5.56 Å². The van der Waals surface area contributed by atoms with E-state index < -0.39 is 5.76 Å². The minimum absolute atomic E-state index is 0.198. The number of nitrogens with one attached hydrogen (secondary N) is 1. The molecule has 6 nitrogen and oxygen atoms in total. The van der Waals surface area contributed by atoms with Crippen LogP contribution in [0.5, 0.6) is 0 Å². The van der Waals surface area contributed by atoms with E-state index in [-0.39, 0.29) is 6.54 Å². The summed E-state index contributed by atoms with van der Waals surface area (Å²) in [6.45, 7) is 0.198. The van der Waals surface area contributed by atoms with E-state index >= 15 is 0 Å². The van der Waals surface area contributed by atoms with Gasteiger partial charge in [-0.1, -0.05) is 17.2 Å². The van der Waals surface area contributed by atoms with Crippen molar-refractivity contribution >= 4 is 11.1 Å². The van der Waals surface area contributed by atoms with Crippen LogP contribution in [0.4, 0.5) is 0 Å². The first-order valence-corrected chi connectivity index (χ1v) is 3.93. The molecule has 0 aliphatic heterocycles. The van der Waals surface area contributed by atoms with Gasteiger partial charge in [-0.3, -0.25) is 4.98 Å². The van der Waals surface area contributed by atoms with Gasteiger partial charge in [-0.05, 0) is 17.2 Å². The minimum atomic E-state index is -0.506. The molecular weight excluding hydrogens is 184 g/mol. The molecule has 70 valence electrons. The molecule has 1 aromatic carbocycles. The summed E-state index contributed by atoms with van der Waals surface area (Å²) in [5.41, 5.74) is 9.97. The molecule has 0 unspecified atom stereocenters. The van der Waals surface area contributed by atoms with Crippen LogP contribution >= 0.6 is 0 Å². The Morgan fingerprint density at radius 2 is 2.43 bits per heavy atom. The molecule has 2 aromatic rings. The van der Waals surface area contributed by atoms with Gasteiger partial charge >= 0.3 is 5.76 Å². The van der Waals surface area contributed by atoms with Crippen molar-refractivity contribution < 1.29 is 4.42 Å². The standard InChI is InChI=1S/C8H6N4O2/c9-12-10-4-5-2-1-3-6-7(5)11-8(13)14-6/h1-3H,4H2,(H,11,13). The Morgan fingerprint density at radius 1 is 1.57 bits per heavy atom. The van der Waals surface area contributed by atoms with E-state index in [1.54, 1.807) is 18.2 Å². The van der Waals surface area contributed by atoms with Crippen LogP contribution in [0.15, 0.2) is 32.5 Å². The first-order valence-electron chi connectivity index (χ1n) is 3.93. The lowest BCUT2D eigenvalue weighted by Crippen LogP contribution is -1.94. The van der Waals surface area contributed by atoms with Crippen molar-refractivity contribution in [3.63, 3.8) is 0 Å². The largest absolute Gasteiger partial charge is 0.417 e. The van der Waals surface area contributed by atoms with Crippen LogP contribution in [0.2, 0.25) is 0 Å². The van der Waals surface area contributed by atoms with Crippen LogP contribution < -0.4 is 5.76 Å². The number of hydrogen-bond donors (Lipinski definition) is 1. The second kappa shape index (κ2) is 3.27. The highest BCUT2D eigenvalue weighted by atomic mass is 16.4. The molecule has 0 saturated heterocycles. The van der Waals surface area contributed by atoms with Gasteiger partial charge in [0.1, 0.15) is 0 Å². The average molecular weight is 190 g/mol. The van der Waals surface area contributed by atoms with Crippen molar-refractivity contribution in [2.24, 2.45) is 5.11 Å². The predicted octanol–water partition coefficient (Wildman–Crippen LogP) is 1.93. The van der Waals surface area contributed by atoms with Crippen molar-refractivity contribution in [1.29, 1.82) is 0 Å². The molecule has 0 amide bonds. The van der Waals surface area contributed by atoms with Gasteiger partial charge in [-0.15, -0.1) is 0 Å². The highest BCUT2D eigenvalue weighted by Gasteiger charge is 2.04. The smallest absolute Gasteiger partial charge is 0.408 e. The lowest BCUT2D eigenvalue weighted by Gasteiger charge is -1.94. The molecule has 0 aliphatic rings. The van der Waals surface area contributed by atoms with E-state index in [4.69, 9.17) is 9.95 Å². The van der Waals surface area contributed by atoms with Crippen molar-refractivity contribution in [3.8, 4) is 0 Å². The van der Waals surface area contributed by atoms with Crippen molar-refractivity contribution in [1.82, 2.24) is 4.98 Å². The zero-order valence-electron chi connectivity index (χ0n) is 7.10. The predicted molar refractivity (Wildman–Crippen MR) is 49.7 cm³/mol. The maximum Gasteiger partial charge on any atom is 0.417 e. The van der Waals surface area contributed by atoms with Gasteiger partial charge in [0.2, 0.25) is 0 Å². The molecule has 2 rings (SSSR count). The van der Waals surface area contributed by atoms with Crippen LogP contribution in [-0.4, -0.2) is 4.98 Å². The molecule has 0 radical (unpaired) electrons. The quantitative estimate of drug-likeness (QED) is 0.445. The minimum Gasteiger partial charge on any atom is -0.408 e. The molecule has 14 heavy (non-hydrogen) atoms. The molecule has 0 spiro atoms. The Morgan fingerprint density at radius 3 is 3.21 bits per heavy atom. The molecule has 1 N–H and O–H groups in total. The fourth-order valence-corrected chi connectivity index (χ4v) is 1.27. The number of aromatic nitrogens is 1. The number of benzene rings is 1. The summed E-state index contributed by atoms with van der Waals surface area (Å²) < 4.78 is 4.84. The van der Waals surface area contributed by atoms with Crippen molar-refractivity contribution in [2.75, 3.05) is 0 Å². The highest BCUT2D eigenvalue weighted by Crippen LogP contribution is 2.15. The molecule has 0 saturated carbocycles.